The largest absolute Gasteiger partial charge is 0.473 e. The van der Waals surface area contributed by atoms with E-state index in [1.54, 1.807) is 0 Å². The zero-order chi connectivity index (χ0) is 19.1. The lowest BCUT2D eigenvalue weighted by Crippen LogP contribution is -2.34. The van der Waals surface area contributed by atoms with Gasteiger partial charge in [-0.1, -0.05) is 6.92 Å². The Labute approximate surface area is 150 Å². The molecule has 1 heterocycles. The summed E-state index contributed by atoms with van der Waals surface area (Å²) >= 11 is 0. The van der Waals surface area contributed by atoms with Crippen molar-refractivity contribution in [3.05, 3.63) is 29.5 Å². The van der Waals surface area contributed by atoms with Crippen LogP contribution in [-0.2, 0) is 27.2 Å². The first-order valence-electron chi connectivity index (χ1n) is 8.49. The number of benzene rings is 1. The average molecular weight is 361 g/mol. The normalized spacial score (nSPS) is 15.5. The van der Waals surface area contributed by atoms with Crippen LogP contribution in [0.5, 0.6) is 0 Å². The predicted octanol–water partition coefficient (Wildman–Crippen LogP) is 1.75. The molecule has 0 spiro atoms. The summed E-state index contributed by atoms with van der Waals surface area (Å²) < 4.78 is 0. The van der Waals surface area contributed by atoms with Crippen LogP contribution in [0.15, 0.2) is 18.2 Å². The van der Waals surface area contributed by atoms with Gasteiger partial charge in [0, 0.05) is 28.3 Å². The maximum absolute atomic E-state index is 10.6. The quantitative estimate of drug-likeness (QED) is 0.407. The number of aryl methyl sites for hydroxylation is 1. The molecule has 1 aliphatic carbocycles. The van der Waals surface area contributed by atoms with Gasteiger partial charge in [0.1, 0.15) is 0 Å². The summed E-state index contributed by atoms with van der Waals surface area (Å²) in [6, 6.07) is 6.63. The molecule has 0 radical (unpaired) electrons. The number of anilines is 1. The lowest BCUT2D eigenvalue weighted by atomic mass is 9.91. The summed E-state index contributed by atoms with van der Waals surface area (Å²) in [5.41, 5.74) is 4.80. The molecule has 140 valence electrons. The van der Waals surface area contributed by atoms with E-state index in [1.165, 1.54) is 35.0 Å². The Kier molecular flexibility index (Phi) is 6.74. The molecule has 8 heteroatoms. The van der Waals surface area contributed by atoms with E-state index in [0.717, 1.165) is 31.5 Å². The molecule has 0 fully saturated rings. The summed E-state index contributed by atoms with van der Waals surface area (Å²) in [4.78, 5) is 32.3. The van der Waals surface area contributed by atoms with Gasteiger partial charge in [-0.2, -0.15) is 0 Å². The van der Waals surface area contributed by atoms with E-state index in [9.17, 15) is 4.79 Å². The Bertz CT molecular complexity index is 787. The van der Waals surface area contributed by atoms with E-state index in [0.29, 0.717) is 6.04 Å². The van der Waals surface area contributed by atoms with Crippen molar-refractivity contribution in [3.8, 4) is 0 Å². The van der Waals surface area contributed by atoms with Crippen LogP contribution in [0.3, 0.4) is 0 Å². The lowest BCUT2D eigenvalue weighted by Gasteiger charge is -2.23. The molecule has 1 aromatic heterocycles. The minimum Gasteiger partial charge on any atom is -0.473 e. The van der Waals surface area contributed by atoms with Crippen molar-refractivity contribution in [1.82, 2.24) is 10.3 Å². The Morgan fingerprint density at radius 3 is 2.65 bits per heavy atom. The van der Waals surface area contributed by atoms with Gasteiger partial charge in [0.2, 0.25) is 6.41 Å². The zero-order valence-electron chi connectivity index (χ0n) is 14.5. The maximum Gasteiger partial charge on any atom is 0.414 e. The third-order valence-electron chi connectivity index (χ3n) is 4.28. The van der Waals surface area contributed by atoms with Crippen molar-refractivity contribution in [2.45, 2.75) is 38.6 Å². The van der Waals surface area contributed by atoms with Gasteiger partial charge >= 0.3 is 11.9 Å². The number of rotatable bonds is 5. The monoisotopic (exact) mass is 361 g/mol. The Balaban J connectivity index is 0.000000352. The molecule has 1 aliphatic rings. The van der Waals surface area contributed by atoms with E-state index in [-0.39, 0.29) is 0 Å². The fourth-order valence-corrected chi connectivity index (χ4v) is 3.10. The molecule has 0 bridgehead atoms. The molecule has 0 saturated carbocycles. The number of aromatic nitrogens is 1. The van der Waals surface area contributed by atoms with Crippen molar-refractivity contribution in [3.63, 3.8) is 0 Å². The van der Waals surface area contributed by atoms with Gasteiger partial charge in [0.05, 0.1) is 0 Å². The second kappa shape index (κ2) is 9.00. The van der Waals surface area contributed by atoms with Crippen molar-refractivity contribution >= 4 is 34.9 Å². The predicted molar refractivity (Wildman–Crippen MR) is 97.4 cm³/mol. The van der Waals surface area contributed by atoms with Crippen molar-refractivity contribution < 1.29 is 24.6 Å². The molecule has 0 saturated heterocycles. The second-order valence-electron chi connectivity index (χ2n) is 6.11. The molecule has 5 N–H and O–H groups in total. The topological polar surface area (TPSA) is 132 Å². The lowest BCUT2D eigenvalue weighted by molar-refractivity contribution is -0.159. The number of carboxylic acids is 2. The van der Waals surface area contributed by atoms with Gasteiger partial charge in [-0.3, -0.25) is 4.79 Å². The van der Waals surface area contributed by atoms with Crippen LogP contribution in [0, 0.1) is 0 Å². The summed E-state index contributed by atoms with van der Waals surface area (Å²) in [6.45, 7) is 3.28. The standard InChI is InChI=1S/C16H21N3O.C2H2O4/c1-2-7-17-11-3-5-15-13(8-11)14-9-12(18-10-20)4-6-16(14)19-15;3-1(4)2(5)6/h4,6,9-11,17,19H,2-3,5,7-8H2,1H3,(H,18,20);(H,3,4)(H,5,6). The number of carbonyl (C=O) groups excluding carboxylic acids is 1. The fraction of sp³-hybridized carbons (Fsp3) is 0.389. The average Bonchev–Trinajstić information content (AvgIpc) is 2.98. The van der Waals surface area contributed by atoms with Crippen molar-refractivity contribution in [2.75, 3.05) is 11.9 Å². The zero-order valence-corrected chi connectivity index (χ0v) is 14.5. The number of carbonyl (C=O) groups is 3. The van der Waals surface area contributed by atoms with E-state index in [2.05, 4.69) is 28.6 Å². The molecule has 3 rings (SSSR count). The molecule has 0 aliphatic heterocycles. The van der Waals surface area contributed by atoms with Gasteiger partial charge < -0.3 is 25.8 Å². The third-order valence-corrected chi connectivity index (χ3v) is 4.28. The smallest absolute Gasteiger partial charge is 0.414 e. The van der Waals surface area contributed by atoms with Gasteiger partial charge in [-0.25, -0.2) is 9.59 Å². The highest BCUT2D eigenvalue weighted by atomic mass is 16.4. The summed E-state index contributed by atoms with van der Waals surface area (Å²) in [7, 11) is 0. The number of aromatic amines is 1. The van der Waals surface area contributed by atoms with Crippen LogP contribution in [-0.4, -0.2) is 46.1 Å². The SMILES string of the molecule is CCCNC1CCc2[nH]c3ccc(NC=O)cc3c2C1.O=C(O)C(=O)O. The van der Waals surface area contributed by atoms with Gasteiger partial charge in [-0.05, 0) is 56.0 Å². The van der Waals surface area contributed by atoms with Crippen LogP contribution in [0.2, 0.25) is 0 Å². The number of aliphatic carboxylic acids is 2. The Morgan fingerprint density at radius 1 is 1.31 bits per heavy atom. The highest BCUT2D eigenvalue weighted by Gasteiger charge is 2.22. The minimum atomic E-state index is -1.82. The molecule has 26 heavy (non-hydrogen) atoms. The van der Waals surface area contributed by atoms with Crippen LogP contribution in [0.4, 0.5) is 5.69 Å². The van der Waals surface area contributed by atoms with Crippen LogP contribution >= 0.6 is 0 Å². The minimum absolute atomic E-state index is 0.573. The number of nitrogens with one attached hydrogen (secondary N) is 3. The number of hydrogen-bond donors (Lipinski definition) is 5. The molecule has 1 aromatic carbocycles. The fourth-order valence-electron chi connectivity index (χ4n) is 3.10. The molecular formula is C18H23N3O5. The molecule has 1 amide bonds. The molecular weight excluding hydrogens is 338 g/mol. The summed E-state index contributed by atoms with van der Waals surface area (Å²) in [5.74, 6) is -3.65. The first-order valence-corrected chi connectivity index (χ1v) is 8.49. The number of hydrogen-bond acceptors (Lipinski definition) is 4. The number of carboxylic acid groups (broad SMARTS) is 2. The molecule has 2 aromatic rings. The first-order chi connectivity index (χ1) is 12.5. The van der Waals surface area contributed by atoms with Gasteiger partial charge in [-0.15, -0.1) is 0 Å². The maximum atomic E-state index is 10.6. The molecule has 1 unspecified atom stereocenters. The van der Waals surface area contributed by atoms with E-state index in [1.807, 2.05) is 12.1 Å². The van der Waals surface area contributed by atoms with Crippen molar-refractivity contribution in [1.29, 1.82) is 0 Å². The van der Waals surface area contributed by atoms with Gasteiger partial charge in [0.25, 0.3) is 0 Å². The van der Waals surface area contributed by atoms with Crippen LogP contribution < -0.4 is 10.6 Å². The van der Waals surface area contributed by atoms with E-state index >= 15 is 0 Å². The van der Waals surface area contributed by atoms with Crippen molar-refractivity contribution in [2.24, 2.45) is 0 Å². The van der Waals surface area contributed by atoms with E-state index < -0.39 is 11.9 Å². The van der Waals surface area contributed by atoms with E-state index in [4.69, 9.17) is 19.8 Å². The Morgan fingerprint density at radius 2 is 2.04 bits per heavy atom. The van der Waals surface area contributed by atoms with Crippen LogP contribution in [0.1, 0.15) is 31.0 Å². The number of H-pyrrole nitrogens is 1. The Hall–Kier alpha value is -2.87. The number of amides is 1. The van der Waals surface area contributed by atoms with Crippen LogP contribution in [0.25, 0.3) is 10.9 Å². The second-order valence-corrected chi connectivity index (χ2v) is 6.11. The summed E-state index contributed by atoms with van der Waals surface area (Å²) in [6.07, 6.45) is 5.26. The summed E-state index contributed by atoms with van der Waals surface area (Å²) in [5, 5.41) is 22.4. The molecule has 8 nitrogen and oxygen atoms in total. The van der Waals surface area contributed by atoms with Gasteiger partial charge in [0.15, 0.2) is 0 Å². The highest BCUT2D eigenvalue weighted by Crippen LogP contribution is 2.30. The highest BCUT2D eigenvalue weighted by molar-refractivity contribution is 6.27. The number of fused-ring (bicyclic) bond motifs is 3. The first kappa shape index (κ1) is 19.5. The molecule has 1 atom stereocenters. The third kappa shape index (κ3) is 4.82.